The largest absolute Gasteiger partial charge is 0.369 e. The van der Waals surface area contributed by atoms with Gasteiger partial charge in [-0.2, -0.15) is 0 Å². The summed E-state index contributed by atoms with van der Waals surface area (Å²) < 4.78 is 0. The number of primary amides is 1. The number of rotatable bonds is 6. The number of nitrogens with zero attached hydrogens (tertiary/aromatic N) is 3. The van der Waals surface area contributed by atoms with Crippen LogP contribution in [0.1, 0.15) is 79.2 Å². The Labute approximate surface area is 165 Å². The van der Waals surface area contributed by atoms with Gasteiger partial charge in [0.05, 0.1) is 11.6 Å². The lowest BCUT2D eigenvalue weighted by Gasteiger charge is -2.34. The Morgan fingerprint density at radius 2 is 1.74 bits per heavy atom. The van der Waals surface area contributed by atoms with Crippen LogP contribution in [0.25, 0.3) is 0 Å². The Morgan fingerprint density at radius 3 is 2.37 bits per heavy atom. The maximum absolute atomic E-state index is 13.2. The van der Waals surface area contributed by atoms with Crippen molar-refractivity contribution < 1.29 is 9.59 Å². The van der Waals surface area contributed by atoms with Gasteiger partial charge in [0.15, 0.2) is 0 Å². The second-order valence-electron chi connectivity index (χ2n) is 8.32. The fourth-order valence-corrected chi connectivity index (χ4v) is 5.57. The average molecular weight is 391 g/mol. The van der Waals surface area contributed by atoms with Crippen molar-refractivity contribution in [2.45, 2.75) is 75.8 Å². The molecular formula is C20H30N4O2S. The Kier molecular flexibility index (Phi) is 5.78. The molecule has 2 saturated carbocycles. The first-order chi connectivity index (χ1) is 13.1. The van der Waals surface area contributed by atoms with E-state index in [0.717, 1.165) is 56.6 Å². The van der Waals surface area contributed by atoms with E-state index in [1.807, 2.05) is 5.38 Å². The molecule has 3 aliphatic rings. The van der Waals surface area contributed by atoms with Crippen LogP contribution in [-0.2, 0) is 4.79 Å². The van der Waals surface area contributed by atoms with Crippen molar-refractivity contribution in [1.29, 1.82) is 0 Å². The number of aromatic nitrogens is 1. The highest BCUT2D eigenvalue weighted by Crippen LogP contribution is 2.36. The molecule has 2 N–H and O–H groups in total. The average Bonchev–Trinajstić information content (AvgIpc) is 3.37. The smallest absolute Gasteiger partial charge is 0.273 e. The van der Waals surface area contributed by atoms with Gasteiger partial charge in [0, 0.05) is 23.4 Å². The molecule has 1 aromatic rings. The van der Waals surface area contributed by atoms with E-state index in [1.165, 1.54) is 19.3 Å². The highest BCUT2D eigenvalue weighted by Gasteiger charge is 2.39. The summed E-state index contributed by atoms with van der Waals surface area (Å²) >= 11 is 1.63. The highest BCUT2D eigenvalue weighted by atomic mass is 32.1. The van der Waals surface area contributed by atoms with Crippen molar-refractivity contribution in [2.75, 3.05) is 19.6 Å². The molecule has 0 aromatic carbocycles. The third kappa shape index (κ3) is 4.51. The number of hydrogen-bond acceptors (Lipinski definition) is 5. The molecule has 1 aromatic heterocycles. The predicted octanol–water partition coefficient (Wildman–Crippen LogP) is 2.75. The van der Waals surface area contributed by atoms with Crippen LogP contribution in [0.4, 0.5) is 0 Å². The van der Waals surface area contributed by atoms with Crippen LogP contribution in [0, 0.1) is 0 Å². The number of nitrogens with two attached hydrogens (primary N) is 1. The van der Waals surface area contributed by atoms with Crippen LogP contribution in [0.15, 0.2) is 5.38 Å². The Hall–Kier alpha value is -1.47. The first kappa shape index (κ1) is 18.9. The van der Waals surface area contributed by atoms with E-state index in [9.17, 15) is 9.59 Å². The lowest BCUT2D eigenvalue weighted by Crippen LogP contribution is -2.43. The molecule has 0 radical (unpaired) electrons. The first-order valence-electron chi connectivity index (χ1n) is 10.4. The van der Waals surface area contributed by atoms with E-state index < -0.39 is 0 Å². The van der Waals surface area contributed by atoms with Gasteiger partial charge < -0.3 is 10.6 Å². The van der Waals surface area contributed by atoms with E-state index in [2.05, 4.69) is 9.80 Å². The molecule has 7 heteroatoms. The van der Waals surface area contributed by atoms with Crippen molar-refractivity contribution in [3.05, 3.63) is 16.1 Å². The van der Waals surface area contributed by atoms with Gasteiger partial charge in [-0.3, -0.25) is 14.5 Å². The van der Waals surface area contributed by atoms with Crippen LogP contribution >= 0.6 is 11.3 Å². The maximum Gasteiger partial charge on any atom is 0.273 e. The zero-order chi connectivity index (χ0) is 18.8. The number of piperidine rings is 1. The molecule has 3 fully saturated rings. The Balaban J connectivity index is 1.39. The first-order valence-corrected chi connectivity index (χ1v) is 11.3. The lowest BCUT2D eigenvalue weighted by atomic mass is 9.94. The molecule has 2 aliphatic carbocycles. The van der Waals surface area contributed by atoms with Gasteiger partial charge in [0.2, 0.25) is 5.91 Å². The SMILES string of the molecule is NC(=O)CN1CCC(c2nc(C(=O)N(C3CCCCC3)C3CC3)cs2)CC1. The Morgan fingerprint density at radius 1 is 1.07 bits per heavy atom. The van der Waals surface area contributed by atoms with Gasteiger partial charge in [0.1, 0.15) is 5.69 Å². The van der Waals surface area contributed by atoms with Gasteiger partial charge in [-0.1, -0.05) is 19.3 Å². The third-order valence-corrected chi connectivity index (χ3v) is 7.21. The normalized spacial score (nSPS) is 22.7. The fourth-order valence-electron chi connectivity index (χ4n) is 4.61. The maximum atomic E-state index is 13.2. The summed E-state index contributed by atoms with van der Waals surface area (Å²) in [4.78, 5) is 33.3. The molecule has 148 valence electrons. The molecule has 0 spiro atoms. The van der Waals surface area contributed by atoms with E-state index in [4.69, 9.17) is 10.7 Å². The fraction of sp³-hybridized carbons (Fsp3) is 0.750. The number of carbonyl (C=O) groups is 2. The molecule has 4 rings (SSSR count). The molecule has 0 unspecified atom stereocenters. The standard InChI is InChI=1S/C20H30N4O2S/c21-18(25)12-23-10-8-14(9-11-23)19-22-17(13-27-19)20(26)24(16-6-7-16)15-4-2-1-3-5-15/h13-16H,1-12H2,(H2,21,25). The summed E-state index contributed by atoms with van der Waals surface area (Å²) in [5.41, 5.74) is 5.94. The quantitative estimate of drug-likeness (QED) is 0.810. The van der Waals surface area contributed by atoms with E-state index >= 15 is 0 Å². The molecule has 6 nitrogen and oxygen atoms in total. The second kappa shape index (κ2) is 8.27. The van der Waals surface area contributed by atoms with Gasteiger partial charge in [-0.25, -0.2) is 4.98 Å². The van der Waals surface area contributed by atoms with Gasteiger partial charge in [-0.05, 0) is 51.6 Å². The molecule has 0 bridgehead atoms. The van der Waals surface area contributed by atoms with E-state index in [0.29, 0.717) is 30.2 Å². The summed E-state index contributed by atoms with van der Waals surface area (Å²) in [6.45, 7) is 2.07. The number of carbonyl (C=O) groups excluding carboxylic acids is 2. The summed E-state index contributed by atoms with van der Waals surface area (Å²) in [5.74, 6) is 0.279. The zero-order valence-electron chi connectivity index (χ0n) is 15.9. The Bertz CT molecular complexity index is 673. The molecule has 2 amide bonds. The molecule has 0 atom stereocenters. The van der Waals surface area contributed by atoms with Crippen molar-refractivity contribution in [1.82, 2.24) is 14.8 Å². The summed E-state index contributed by atoms with van der Waals surface area (Å²) in [5, 5.41) is 3.04. The number of hydrogen-bond donors (Lipinski definition) is 1. The molecule has 2 heterocycles. The van der Waals surface area contributed by atoms with Crippen LogP contribution in [-0.4, -0.2) is 58.3 Å². The molecule has 1 saturated heterocycles. The minimum Gasteiger partial charge on any atom is -0.369 e. The van der Waals surface area contributed by atoms with E-state index in [-0.39, 0.29) is 11.8 Å². The predicted molar refractivity (Wildman–Crippen MR) is 106 cm³/mol. The number of amides is 2. The highest BCUT2D eigenvalue weighted by molar-refractivity contribution is 7.09. The zero-order valence-corrected chi connectivity index (χ0v) is 16.8. The van der Waals surface area contributed by atoms with Crippen LogP contribution in [0.2, 0.25) is 0 Å². The number of thiazole rings is 1. The van der Waals surface area contributed by atoms with Crippen LogP contribution in [0.5, 0.6) is 0 Å². The molecule has 1 aliphatic heterocycles. The molecular weight excluding hydrogens is 360 g/mol. The van der Waals surface area contributed by atoms with Gasteiger partial charge in [0.25, 0.3) is 5.91 Å². The third-order valence-electron chi connectivity index (χ3n) is 6.20. The second-order valence-corrected chi connectivity index (χ2v) is 9.21. The van der Waals surface area contributed by atoms with Gasteiger partial charge >= 0.3 is 0 Å². The lowest BCUT2D eigenvalue weighted by molar-refractivity contribution is -0.119. The van der Waals surface area contributed by atoms with Crippen molar-refractivity contribution >= 4 is 23.2 Å². The van der Waals surface area contributed by atoms with Crippen LogP contribution < -0.4 is 5.73 Å². The van der Waals surface area contributed by atoms with E-state index in [1.54, 1.807) is 11.3 Å². The van der Waals surface area contributed by atoms with Gasteiger partial charge in [-0.15, -0.1) is 11.3 Å². The number of likely N-dealkylation sites (tertiary alicyclic amines) is 1. The van der Waals surface area contributed by atoms with Crippen molar-refractivity contribution in [3.8, 4) is 0 Å². The van der Waals surface area contributed by atoms with Crippen LogP contribution in [0.3, 0.4) is 0 Å². The topological polar surface area (TPSA) is 79.5 Å². The minimum absolute atomic E-state index is 0.151. The summed E-state index contributed by atoms with van der Waals surface area (Å²) in [7, 11) is 0. The molecule has 27 heavy (non-hydrogen) atoms. The minimum atomic E-state index is -0.265. The summed E-state index contributed by atoms with van der Waals surface area (Å²) in [6, 6.07) is 0.865. The van der Waals surface area contributed by atoms with Crippen molar-refractivity contribution in [2.24, 2.45) is 5.73 Å². The van der Waals surface area contributed by atoms with Crippen molar-refractivity contribution in [3.63, 3.8) is 0 Å². The summed E-state index contributed by atoms with van der Waals surface area (Å²) in [6.07, 6.45) is 10.3. The monoisotopic (exact) mass is 390 g/mol.